The van der Waals surface area contributed by atoms with Gasteiger partial charge in [-0.15, -0.1) is 0 Å². The first-order valence-electron chi connectivity index (χ1n) is 9.17. The smallest absolute Gasteiger partial charge is 0.257 e. The van der Waals surface area contributed by atoms with E-state index < -0.39 is 0 Å². The molecule has 4 aromatic heterocycles. The number of pyridine rings is 1. The first-order chi connectivity index (χ1) is 14.1. The number of hydrogen-bond acceptors (Lipinski definition) is 7. The third-order valence-electron chi connectivity index (χ3n) is 4.77. The summed E-state index contributed by atoms with van der Waals surface area (Å²) in [5.74, 6) is 0.743. The Morgan fingerprint density at radius 2 is 2.24 bits per heavy atom. The van der Waals surface area contributed by atoms with Crippen molar-refractivity contribution in [3.63, 3.8) is 0 Å². The molecule has 0 saturated heterocycles. The fourth-order valence-electron chi connectivity index (χ4n) is 3.41. The second-order valence-electron chi connectivity index (χ2n) is 6.91. The lowest BCUT2D eigenvalue weighted by Gasteiger charge is -2.16. The number of ether oxygens (including phenoxy) is 2. The molecule has 0 radical (unpaired) electrons. The summed E-state index contributed by atoms with van der Waals surface area (Å²) < 4.78 is 12.8. The number of fused-ring (bicyclic) bond motifs is 6. The second kappa shape index (κ2) is 6.74. The summed E-state index contributed by atoms with van der Waals surface area (Å²) in [6, 6.07) is 3.63. The van der Waals surface area contributed by atoms with Crippen molar-refractivity contribution in [1.29, 1.82) is 0 Å². The van der Waals surface area contributed by atoms with Crippen LogP contribution in [-0.4, -0.2) is 50.2 Å². The number of nitrogens with one attached hydrogen (secondary N) is 3. The van der Waals surface area contributed by atoms with Gasteiger partial charge in [-0.25, -0.2) is 9.97 Å². The van der Waals surface area contributed by atoms with E-state index in [0.29, 0.717) is 41.8 Å². The highest BCUT2D eigenvalue weighted by Gasteiger charge is 2.21. The lowest BCUT2D eigenvalue weighted by molar-refractivity contribution is 0.0821. The van der Waals surface area contributed by atoms with Crippen LogP contribution >= 0.6 is 0 Å². The maximum Gasteiger partial charge on any atom is 0.257 e. The highest BCUT2D eigenvalue weighted by Crippen LogP contribution is 2.31. The number of hydrogen-bond donors (Lipinski definition) is 3. The first kappa shape index (κ1) is 17.4. The van der Waals surface area contributed by atoms with Crippen LogP contribution in [0.3, 0.4) is 0 Å². The minimum absolute atomic E-state index is 0.183. The van der Waals surface area contributed by atoms with Gasteiger partial charge in [-0.2, -0.15) is 9.61 Å². The Hall–Kier alpha value is -3.66. The Morgan fingerprint density at radius 1 is 1.34 bits per heavy atom. The molecule has 0 saturated carbocycles. The largest absolute Gasteiger partial charge is 0.480 e. The Balaban J connectivity index is 1.74. The van der Waals surface area contributed by atoms with Gasteiger partial charge >= 0.3 is 0 Å². The maximum atomic E-state index is 12.8. The third-order valence-corrected chi connectivity index (χ3v) is 4.77. The Kier molecular flexibility index (Phi) is 4.06. The number of aromatic nitrogens is 5. The van der Waals surface area contributed by atoms with E-state index in [9.17, 15) is 4.79 Å². The Bertz CT molecular complexity index is 1230. The molecule has 5 heterocycles. The molecular weight excluding hydrogens is 374 g/mol. The average molecular weight is 393 g/mol. The van der Waals surface area contributed by atoms with E-state index in [1.165, 1.54) is 6.20 Å². The van der Waals surface area contributed by atoms with E-state index in [1.54, 1.807) is 24.0 Å². The minimum atomic E-state index is -0.254. The van der Waals surface area contributed by atoms with Gasteiger partial charge in [-0.3, -0.25) is 4.79 Å². The number of carbonyl (C=O) groups excluding carboxylic acids is 1. The van der Waals surface area contributed by atoms with Crippen molar-refractivity contribution in [2.45, 2.75) is 19.6 Å². The molecule has 1 aliphatic rings. The molecule has 4 bridgehead atoms. The monoisotopic (exact) mass is 393 g/mol. The summed E-state index contributed by atoms with van der Waals surface area (Å²) in [4.78, 5) is 25.0. The lowest BCUT2D eigenvalue weighted by atomic mass is 10.2. The zero-order chi connectivity index (χ0) is 20.0. The molecule has 0 aliphatic carbocycles. The number of aromatic amines is 1. The number of H-pyrrole nitrogens is 1. The van der Waals surface area contributed by atoms with Crippen LogP contribution in [0.15, 0.2) is 30.7 Å². The minimum Gasteiger partial charge on any atom is -0.480 e. The highest BCUT2D eigenvalue weighted by atomic mass is 16.5. The summed E-state index contributed by atoms with van der Waals surface area (Å²) in [5, 5.41) is 11.4. The standard InChI is InChI=1S/C19H19N7O3/c1-10-8-29-9-11-5-14(19(28-2)21-6-11)24-15-12-3-4-20-16(12)26-17(25-15)13(7-22-26)18(27)23-10/h3-7,10,20H,8-9H2,1-2H3,(H,23,27)(H,24,25)/t10-/m1/s1. The van der Waals surface area contributed by atoms with Gasteiger partial charge in [0, 0.05) is 18.4 Å². The van der Waals surface area contributed by atoms with Crippen LogP contribution in [0.4, 0.5) is 11.5 Å². The molecule has 4 aromatic rings. The van der Waals surface area contributed by atoms with Crippen LogP contribution in [0.1, 0.15) is 22.8 Å². The van der Waals surface area contributed by atoms with Gasteiger partial charge in [0.2, 0.25) is 5.88 Å². The molecule has 29 heavy (non-hydrogen) atoms. The fourth-order valence-corrected chi connectivity index (χ4v) is 3.41. The van der Waals surface area contributed by atoms with Crippen LogP contribution in [-0.2, 0) is 11.3 Å². The van der Waals surface area contributed by atoms with Gasteiger partial charge in [0.15, 0.2) is 5.65 Å². The molecule has 148 valence electrons. The molecule has 10 heteroatoms. The van der Waals surface area contributed by atoms with E-state index in [4.69, 9.17) is 14.5 Å². The van der Waals surface area contributed by atoms with Crippen molar-refractivity contribution in [2.75, 3.05) is 19.0 Å². The molecule has 0 spiro atoms. The van der Waals surface area contributed by atoms with Gasteiger partial charge in [-0.1, -0.05) is 0 Å². The van der Waals surface area contributed by atoms with Crippen molar-refractivity contribution in [3.05, 3.63) is 41.9 Å². The predicted octanol–water partition coefficient (Wildman–Crippen LogP) is 2.01. The SMILES string of the molecule is COc1ncc2cc1Nc1nc3c(cnn3c3[nH]ccc13)C(=O)N[C@H](C)COC2. The number of amides is 1. The van der Waals surface area contributed by atoms with Gasteiger partial charge in [-0.05, 0) is 24.6 Å². The summed E-state index contributed by atoms with van der Waals surface area (Å²) >= 11 is 0. The number of anilines is 2. The molecule has 10 nitrogen and oxygen atoms in total. The molecule has 1 amide bonds. The molecule has 0 aromatic carbocycles. The fraction of sp³-hybridized carbons (Fsp3) is 0.263. The van der Waals surface area contributed by atoms with Gasteiger partial charge in [0.25, 0.3) is 5.91 Å². The number of nitrogens with zero attached hydrogens (tertiary/aromatic N) is 4. The molecule has 0 unspecified atom stereocenters. The lowest BCUT2D eigenvalue weighted by Crippen LogP contribution is -2.35. The topological polar surface area (TPSA) is 118 Å². The van der Waals surface area contributed by atoms with Crippen molar-refractivity contribution >= 4 is 34.1 Å². The van der Waals surface area contributed by atoms with Crippen molar-refractivity contribution in [3.8, 4) is 5.88 Å². The molecule has 5 rings (SSSR count). The predicted molar refractivity (Wildman–Crippen MR) is 105 cm³/mol. The molecule has 3 N–H and O–H groups in total. The number of methoxy groups -OCH3 is 1. The van der Waals surface area contributed by atoms with E-state index >= 15 is 0 Å². The highest BCUT2D eigenvalue weighted by molar-refractivity contribution is 6.02. The zero-order valence-corrected chi connectivity index (χ0v) is 15.9. The average Bonchev–Trinajstić information content (AvgIpc) is 3.34. The Morgan fingerprint density at radius 3 is 3.10 bits per heavy atom. The van der Waals surface area contributed by atoms with Crippen molar-refractivity contribution < 1.29 is 14.3 Å². The van der Waals surface area contributed by atoms with Gasteiger partial charge < -0.3 is 25.1 Å². The third kappa shape index (κ3) is 2.93. The van der Waals surface area contributed by atoms with Crippen LogP contribution in [0.2, 0.25) is 0 Å². The van der Waals surface area contributed by atoms with Crippen molar-refractivity contribution in [2.24, 2.45) is 0 Å². The Labute approximate surface area is 165 Å². The summed E-state index contributed by atoms with van der Waals surface area (Å²) in [7, 11) is 1.56. The summed E-state index contributed by atoms with van der Waals surface area (Å²) in [6.45, 7) is 2.60. The normalized spacial score (nSPS) is 17.2. The first-order valence-corrected chi connectivity index (χ1v) is 9.17. The molecule has 0 fully saturated rings. The van der Waals surface area contributed by atoms with Crippen molar-refractivity contribution in [1.82, 2.24) is 29.9 Å². The number of rotatable bonds is 1. The van der Waals surface area contributed by atoms with Crippen LogP contribution in [0.25, 0.3) is 16.7 Å². The van der Waals surface area contributed by atoms with E-state index in [0.717, 1.165) is 16.6 Å². The van der Waals surface area contributed by atoms with E-state index in [2.05, 4.69) is 25.7 Å². The van der Waals surface area contributed by atoms with Crippen LogP contribution in [0, 0.1) is 0 Å². The molecular formula is C19H19N7O3. The van der Waals surface area contributed by atoms with E-state index in [1.807, 2.05) is 19.1 Å². The van der Waals surface area contributed by atoms with Gasteiger partial charge in [0.05, 0.1) is 31.9 Å². The molecule has 1 atom stereocenters. The maximum absolute atomic E-state index is 12.8. The van der Waals surface area contributed by atoms with Crippen LogP contribution in [0.5, 0.6) is 5.88 Å². The second-order valence-corrected chi connectivity index (χ2v) is 6.91. The summed E-state index contributed by atoms with van der Waals surface area (Å²) in [5.41, 5.74) is 3.08. The number of carbonyl (C=O) groups is 1. The van der Waals surface area contributed by atoms with E-state index in [-0.39, 0.29) is 11.9 Å². The van der Waals surface area contributed by atoms with Gasteiger partial charge in [0.1, 0.15) is 22.7 Å². The zero-order valence-electron chi connectivity index (χ0n) is 15.9. The quantitative estimate of drug-likeness (QED) is 0.453. The van der Waals surface area contributed by atoms with Crippen LogP contribution < -0.4 is 15.4 Å². The summed E-state index contributed by atoms with van der Waals surface area (Å²) in [6.07, 6.45) is 5.02. The molecule has 1 aliphatic heterocycles.